The van der Waals surface area contributed by atoms with Crippen molar-refractivity contribution in [2.45, 2.75) is 0 Å². The highest BCUT2D eigenvalue weighted by atomic mass is 15.1. The number of aromatic nitrogens is 2. The van der Waals surface area contributed by atoms with Gasteiger partial charge in [0.25, 0.3) is 0 Å². The first-order valence-corrected chi connectivity index (χ1v) is 30.6. The van der Waals surface area contributed by atoms with Crippen molar-refractivity contribution in [3.63, 3.8) is 0 Å². The van der Waals surface area contributed by atoms with Crippen LogP contribution in [0.5, 0.6) is 0 Å². The smallest absolute Gasteiger partial charge is 0.0618 e. The Bertz CT molecular complexity index is 5220. The van der Waals surface area contributed by atoms with E-state index in [0.29, 0.717) is 0 Å². The van der Waals surface area contributed by atoms with Crippen LogP contribution < -0.4 is 4.90 Å². The second-order valence-electron chi connectivity index (χ2n) is 23.2. The lowest BCUT2D eigenvalue weighted by Gasteiger charge is -2.29. The zero-order chi connectivity index (χ0) is 58.8. The molecular weight excluding hydrogens is 1070 g/mol. The molecule has 0 bridgehead atoms. The molecule has 0 spiro atoms. The van der Waals surface area contributed by atoms with E-state index in [1.807, 2.05) is 0 Å². The van der Waals surface area contributed by atoms with Crippen molar-refractivity contribution in [3.05, 3.63) is 346 Å². The van der Waals surface area contributed by atoms with Crippen molar-refractivity contribution in [3.8, 4) is 78.1 Å². The minimum absolute atomic E-state index is 1.09. The predicted molar refractivity (Wildman–Crippen MR) is 377 cm³/mol. The Morgan fingerprint density at radius 2 is 0.483 bits per heavy atom. The Kier molecular flexibility index (Phi) is 12.5. The van der Waals surface area contributed by atoms with Gasteiger partial charge in [0.05, 0.1) is 27.8 Å². The third-order valence-corrected chi connectivity index (χ3v) is 18.1. The van der Waals surface area contributed by atoms with E-state index in [9.17, 15) is 0 Å². The summed E-state index contributed by atoms with van der Waals surface area (Å²) in [5.41, 5.74) is 24.4. The SMILES string of the molecule is c1ccc(-c2ccc(N(c3ccccc3)c3c4ccccc4c(-c4cc(-c5ccc6c(c5)c5ccccc5n6-c5ccc(-c6ccccc6)cc5)cc(-c5ccc6c(c5)c5ccccc5n6-c5ccc(-c6ccccc6)cc5)c4)c4ccccc34)cc2)cc1. The van der Waals surface area contributed by atoms with Gasteiger partial charge in [0.1, 0.15) is 0 Å². The summed E-state index contributed by atoms with van der Waals surface area (Å²) in [6.45, 7) is 0. The molecule has 89 heavy (non-hydrogen) atoms. The van der Waals surface area contributed by atoms with Gasteiger partial charge < -0.3 is 14.0 Å². The molecule has 0 amide bonds. The van der Waals surface area contributed by atoms with Crippen LogP contribution in [-0.4, -0.2) is 9.13 Å². The van der Waals surface area contributed by atoms with Gasteiger partial charge >= 0.3 is 0 Å². The highest BCUT2D eigenvalue weighted by molar-refractivity contribution is 6.23. The van der Waals surface area contributed by atoms with Crippen LogP contribution in [0, 0.1) is 0 Å². The molecule has 0 aliphatic carbocycles. The first-order chi connectivity index (χ1) is 44.1. The topological polar surface area (TPSA) is 13.1 Å². The van der Waals surface area contributed by atoms with Crippen molar-refractivity contribution in [1.29, 1.82) is 0 Å². The summed E-state index contributed by atoms with van der Waals surface area (Å²) in [5.74, 6) is 0. The minimum atomic E-state index is 1.09. The number of hydrogen-bond donors (Lipinski definition) is 0. The number of rotatable bonds is 11. The number of para-hydroxylation sites is 3. The van der Waals surface area contributed by atoms with Gasteiger partial charge in [-0.15, -0.1) is 0 Å². The molecule has 17 aromatic rings. The normalized spacial score (nSPS) is 11.6. The number of hydrogen-bond acceptors (Lipinski definition) is 1. The lowest BCUT2D eigenvalue weighted by atomic mass is 9.86. The molecule has 2 heterocycles. The molecule has 416 valence electrons. The van der Waals surface area contributed by atoms with E-state index in [4.69, 9.17) is 0 Å². The maximum atomic E-state index is 2.46. The molecule has 0 unspecified atom stereocenters. The van der Waals surface area contributed by atoms with Gasteiger partial charge in [0.15, 0.2) is 0 Å². The van der Waals surface area contributed by atoms with Gasteiger partial charge in [-0.3, -0.25) is 0 Å². The van der Waals surface area contributed by atoms with Crippen LogP contribution in [0.4, 0.5) is 17.1 Å². The highest BCUT2D eigenvalue weighted by Gasteiger charge is 2.24. The second-order valence-corrected chi connectivity index (χ2v) is 23.2. The van der Waals surface area contributed by atoms with Crippen LogP contribution in [0.3, 0.4) is 0 Å². The molecule has 0 aliphatic rings. The maximum Gasteiger partial charge on any atom is 0.0618 e. The largest absolute Gasteiger partial charge is 0.309 e. The fourth-order valence-electron chi connectivity index (χ4n) is 13.9. The Labute approximate surface area is 517 Å². The van der Waals surface area contributed by atoms with Gasteiger partial charge in [0, 0.05) is 55.1 Å². The van der Waals surface area contributed by atoms with Crippen LogP contribution >= 0.6 is 0 Å². The Morgan fingerprint density at radius 1 is 0.180 bits per heavy atom. The van der Waals surface area contributed by atoms with E-state index in [0.717, 1.165) is 56.3 Å². The lowest BCUT2D eigenvalue weighted by molar-refractivity contribution is 1.18. The fourth-order valence-corrected chi connectivity index (χ4v) is 13.9. The van der Waals surface area contributed by atoms with Crippen LogP contribution in [-0.2, 0) is 0 Å². The molecule has 0 atom stereocenters. The van der Waals surface area contributed by atoms with E-state index in [1.165, 1.54) is 104 Å². The van der Waals surface area contributed by atoms with Crippen molar-refractivity contribution in [2.75, 3.05) is 4.90 Å². The van der Waals surface area contributed by atoms with Crippen molar-refractivity contribution in [2.24, 2.45) is 0 Å². The van der Waals surface area contributed by atoms with Gasteiger partial charge in [-0.05, 0) is 181 Å². The number of nitrogens with zero attached hydrogens (tertiary/aromatic N) is 3. The molecule has 0 fully saturated rings. The van der Waals surface area contributed by atoms with Crippen LogP contribution in [0.2, 0.25) is 0 Å². The zero-order valence-electron chi connectivity index (χ0n) is 48.8. The molecule has 0 aliphatic heterocycles. The maximum absolute atomic E-state index is 2.46. The van der Waals surface area contributed by atoms with Crippen LogP contribution in [0.1, 0.15) is 0 Å². The van der Waals surface area contributed by atoms with Gasteiger partial charge in [-0.1, -0.05) is 243 Å². The van der Waals surface area contributed by atoms with E-state index in [-0.39, 0.29) is 0 Å². The summed E-state index contributed by atoms with van der Waals surface area (Å²) in [5, 5.41) is 9.55. The average molecular weight is 1130 g/mol. The molecule has 3 heteroatoms. The Balaban J connectivity index is 0.875. The molecule has 0 N–H and O–H groups in total. The van der Waals surface area contributed by atoms with E-state index in [1.54, 1.807) is 0 Å². The van der Waals surface area contributed by atoms with Crippen LogP contribution in [0.25, 0.3) is 143 Å². The van der Waals surface area contributed by atoms with Crippen molar-refractivity contribution < 1.29 is 0 Å². The summed E-state index contributed by atoms with van der Waals surface area (Å²) in [6, 6.07) is 127. The third kappa shape index (κ3) is 8.98. The molecule has 0 radical (unpaired) electrons. The second kappa shape index (κ2) is 21.6. The summed E-state index contributed by atoms with van der Waals surface area (Å²) in [6.07, 6.45) is 0. The summed E-state index contributed by atoms with van der Waals surface area (Å²) < 4.78 is 4.84. The van der Waals surface area contributed by atoms with Crippen molar-refractivity contribution >= 4 is 82.2 Å². The van der Waals surface area contributed by atoms with Gasteiger partial charge in [0.2, 0.25) is 0 Å². The molecule has 3 nitrogen and oxygen atoms in total. The number of benzene rings is 15. The van der Waals surface area contributed by atoms with E-state index >= 15 is 0 Å². The average Bonchev–Trinajstić information content (AvgIpc) is 1.75. The quantitative estimate of drug-likeness (QED) is 0.118. The molecule has 17 rings (SSSR count). The number of fused-ring (bicyclic) bond motifs is 8. The summed E-state index contributed by atoms with van der Waals surface area (Å²) >= 11 is 0. The standard InChI is InChI=1S/C86H57N3/c1-5-21-58(22-6-1)61-37-45-70(46-38-61)87(69-27-11-4-12-28-69)86-77-33-15-13-31-75(77)85(76-32-14-16-34-78(76)86)68-54-66(64-43-51-83-79(56-64)73-29-17-19-35-81(73)88(83)71-47-39-62(40-48-71)59-23-7-2-8-24-59)53-67(55-68)65-44-52-84-80(57-65)74-30-18-20-36-82(74)89(84)72-49-41-63(42-50-72)60-25-9-3-10-26-60/h1-57H. The molecule has 2 aromatic heterocycles. The summed E-state index contributed by atoms with van der Waals surface area (Å²) in [4.78, 5) is 2.46. The van der Waals surface area contributed by atoms with Gasteiger partial charge in [-0.25, -0.2) is 0 Å². The first-order valence-electron chi connectivity index (χ1n) is 30.6. The lowest BCUT2D eigenvalue weighted by Crippen LogP contribution is -2.11. The Hall–Kier alpha value is -11.8. The monoisotopic (exact) mass is 1130 g/mol. The highest BCUT2D eigenvalue weighted by Crippen LogP contribution is 2.50. The van der Waals surface area contributed by atoms with E-state index in [2.05, 4.69) is 360 Å². The molecular formula is C86H57N3. The third-order valence-electron chi connectivity index (χ3n) is 18.1. The first kappa shape index (κ1) is 51.6. The van der Waals surface area contributed by atoms with E-state index < -0.39 is 0 Å². The van der Waals surface area contributed by atoms with Crippen molar-refractivity contribution in [1.82, 2.24) is 9.13 Å². The molecule has 0 saturated carbocycles. The molecule has 0 saturated heterocycles. The Morgan fingerprint density at radius 3 is 0.910 bits per heavy atom. The fraction of sp³-hybridized carbons (Fsp3) is 0. The van der Waals surface area contributed by atoms with Gasteiger partial charge in [-0.2, -0.15) is 0 Å². The predicted octanol–water partition coefficient (Wildman–Crippen LogP) is 23.7. The van der Waals surface area contributed by atoms with Crippen LogP contribution in [0.15, 0.2) is 346 Å². The molecule has 15 aromatic carbocycles. The minimum Gasteiger partial charge on any atom is -0.309 e. The summed E-state index contributed by atoms with van der Waals surface area (Å²) in [7, 11) is 0. The zero-order valence-corrected chi connectivity index (χ0v) is 48.8. The number of anilines is 3.